The zero-order chi connectivity index (χ0) is 23.1. The van der Waals surface area contributed by atoms with Gasteiger partial charge >= 0.3 is 0 Å². The Kier molecular flexibility index (Phi) is 5.81. The molecular formula is C29H30O2S. The lowest BCUT2D eigenvalue weighted by atomic mass is 9.62. The first-order chi connectivity index (χ1) is 15.1. The van der Waals surface area contributed by atoms with Crippen LogP contribution in [0.25, 0.3) is 12.2 Å². The number of rotatable bonds is 5. The summed E-state index contributed by atoms with van der Waals surface area (Å²) < 4.78 is 0. The summed E-state index contributed by atoms with van der Waals surface area (Å²) in [5, 5.41) is 3.87. The molecule has 0 amide bonds. The van der Waals surface area contributed by atoms with E-state index < -0.39 is 0 Å². The van der Waals surface area contributed by atoms with Crippen LogP contribution >= 0.6 is 11.3 Å². The molecule has 2 nitrogen and oxygen atoms in total. The van der Waals surface area contributed by atoms with E-state index >= 15 is 0 Å². The lowest BCUT2D eigenvalue weighted by molar-refractivity contribution is 0.101. The molecule has 0 unspecified atom stereocenters. The lowest BCUT2D eigenvalue weighted by Gasteiger charge is -2.42. The van der Waals surface area contributed by atoms with Crippen molar-refractivity contribution in [3.05, 3.63) is 92.2 Å². The van der Waals surface area contributed by atoms with E-state index in [1.54, 1.807) is 18.3 Å². The van der Waals surface area contributed by atoms with Crippen molar-refractivity contribution in [2.24, 2.45) is 0 Å². The third-order valence-corrected chi connectivity index (χ3v) is 7.51. The van der Waals surface area contributed by atoms with Crippen LogP contribution in [0.4, 0.5) is 0 Å². The van der Waals surface area contributed by atoms with Gasteiger partial charge in [-0.05, 0) is 70.4 Å². The molecule has 0 fully saturated rings. The van der Waals surface area contributed by atoms with Crippen molar-refractivity contribution in [3.63, 3.8) is 0 Å². The maximum atomic E-state index is 13.5. The Morgan fingerprint density at radius 2 is 1.47 bits per heavy atom. The van der Waals surface area contributed by atoms with Crippen molar-refractivity contribution in [1.29, 1.82) is 0 Å². The minimum Gasteiger partial charge on any atom is -0.295 e. The zero-order valence-electron chi connectivity index (χ0n) is 19.5. The van der Waals surface area contributed by atoms with Crippen molar-refractivity contribution < 1.29 is 9.59 Å². The predicted octanol–water partition coefficient (Wildman–Crippen LogP) is 7.70. The first-order valence-electron chi connectivity index (χ1n) is 11.1. The molecule has 1 aliphatic rings. The maximum Gasteiger partial charge on any atom is 0.194 e. The third-order valence-electron chi connectivity index (χ3n) is 6.82. The first-order valence-corrected chi connectivity index (χ1v) is 12.1. The fraction of sp³-hybridized carbons (Fsp3) is 0.310. The molecule has 164 valence electrons. The van der Waals surface area contributed by atoms with E-state index in [1.165, 1.54) is 11.1 Å². The molecule has 0 radical (unpaired) electrons. The van der Waals surface area contributed by atoms with Crippen LogP contribution in [0.5, 0.6) is 0 Å². The number of Topliss-reactive ketones (excluding diaryl/α,β-unsaturated/α-hetero) is 1. The van der Waals surface area contributed by atoms with E-state index in [1.807, 2.05) is 53.2 Å². The molecule has 0 saturated heterocycles. The monoisotopic (exact) mass is 442 g/mol. The van der Waals surface area contributed by atoms with Gasteiger partial charge in [-0.25, -0.2) is 0 Å². The summed E-state index contributed by atoms with van der Waals surface area (Å²) in [6, 6.07) is 13.9. The number of thiophene rings is 1. The van der Waals surface area contributed by atoms with Gasteiger partial charge in [0, 0.05) is 22.1 Å². The van der Waals surface area contributed by atoms with Gasteiger partial charge < -0.3 is 0 Å². The van der Waals surface area contributed by atoms with Gasteiger partial charge in [-0.15, -0.1) is 0 Å². The van der Waals surface area contributed by atoms with Crippen LogP contribution in [0.3, 0.4) is 0 Å². The fourth-order valence-electron chi connectivity index (χ4n) is 4.53. The number of carbonyl (C=O) groups is 2. The van der Waals surface area contributed by atoms with Gasteiger partial charge in [-0.2, -0.15) is 11.3 Å². The molecule has 3 heteroatoms. The second-order valence-electron chi connectivity index (χ2n) is 10.1. The third kappa shape index (κ3) is 4.27. The molecule has 2 aromatic carbocycles. The minimum atomic E-state index is 0.0410. The van der Waals surface area contributed by atoms with E-state index in [2.05, 4.69) is 39.8 Å². The molecule has 0 saturated carbocycles. The fourth-order valence-corrected chi connectivity index (χ4v) is 5.17. The van der Waals surface area contributed by atoms with Crippen LogP contribution in [0, 0.1) is 0 Å². The van der Waals surface area contributed by atoms with E-state index in [0.29, 0.717) is 5.56 Å². The molecule has 32 heavy (non-hydrogen) atoms. The Hall–Kier alpha value is -2.78. The van der Waals surface area contributed by atoms with Gasteiger partial charge in [0.15, 0.2) is 11.6 Å². The Morgan fingerprint density at radius 1 is 0.844 bits per heavy atom. The van der Waals surface area contributed by atoms with E-state index in [9.17, 15) is 9.59 Å². The van der Waals surface area contributed by atoms with Crippen LogP contribution in [0.15, 0.2) is 53.2 Å². The van der Waals surface area contributed by atoms with Crippen molar-refractivity contribution in [2.75, 3.05) is 0 Å². The van der Waals surface area contributed by atoms with E-state index in [0.717, 1.165) is 35.1 Å². The second kappa shape index (κ2) is 8.29. The number of ketones is 2. The highest BCUT2D eigenvalue weighted by Crippen LogP contribution is 2.47. The summed E-state index contributed by atoms with van der Waals surface area (Å²) in [7, 11) is 0. The number of fused-ring (bicyclic) bond motifs is 1. The van der Waals surface area contributed by atoms with Crippen molar-refractivity contribution >= 4 is 35.1 Å². The van der Waals surface area contributed by atoms with Gasteiger partial charge in [0.25, 0.3) is 0 Å². The number of hydrogen-bond donors (Lipinski definition) is 0. The lowest BCUT2D eigenvalue weighted by Crippen LogP contribution is -2.34. The van der Waals surface area contributed by atoms with Crippen LogP contribution in [-0.2, 0) is 10.8 Å². The van der Waals surface area contributed by atoms with Crippen molar-refractivity contribution in [1.82, 2.24) is 0 Å². The molecule has 0 N–H and O–H groups in total. The average Bonchev–Trinajstić information content (AvgIpc) is 3.30. The standard InChI is InChI=1S/C29H30O2S/c1-19(30)21-9-6-20(7-10-21)8-11-22-16-25-26(29(4,5)14-13-28(25,2)3)17-24(22)27(31)23-12-15-32-18-23/h6-12,15-18H,13-14H2,1-5H3/b11-8+. The largest absolute Gasteiger partial charge is 0.295 e. The molecule has 1 heterocycles. The molecular weight excluding hydrogens is 412 g/mol. The van der Waals surface area contributed by atoms with Crippen LogP contribution in [-0.4, -0.2) is 11.6 Å². The maximum absolute atomic E-state index is 13.5. The van der Waals surface area contributed by atoms with Crippen molar-refractivity contribution in [3.8, 4) is 0 Å². The summed E-state index contributed by atoms with van der Waals surface area (Å²) in [5.74, 6) is 0.128. The Labute approximate surface area is 195 Å². The summed E-state index contributed by atoms with van der Waals surface area (Å²) in [6.07, 6.45) is 6.30. The highest BCUT2D eigenvalue weighted by atomic mass is 32.1. The quantitative estimate of drug-likeness (QED) is 0.300. The van der Waals surface area contributed by atoms with Crippen LogP contribution in [0.2, 0.25) is 0 Å². The molecule has 3 aromatic rings. The second-order valence-corrected chi connectivity index (χ2v) is 10.9. The summed E-state index contributed by atoms with van der Waals surface area (Å²) >= 11 is 1.54. The summed E-state index contributed by atoms with van der Waals surface area (Å²) in [6.45, 7) is 10.7. The first kappa shape index (κ1) is 22.4. The van der Waals surface area contributed by atoms with Crippen LogP contribution < -0.4 is 0 Å². The zero-order valence-corrected chi connectivity index (χ0v) is 20.3. The Morgan fingerprint density at radius 3 is 2.03 bits per heavy atom. The van der Waals surface area contributed by atoms with Gasteiger partial charge in [0.2, 0.25) is 0 Å². The normalized spacial score (nSPS) is 16.7. The van der Waals surface area contributed by atoms with Gasteiger partial charge in [0.1, 0.15) is 0 Å². The van der Waals surface area contributed by atoms with Gasteiger partial charge in [0.05, 0.1) is 0 Å². The number of carbonyl (C=O) groups excluding carboxylic acids is 2. The van der Waals surface area contributed by atoms with E-state index in [-0.39, 0.29) is 22.4 Å². The molecule has 0 aliphatic heterocycles. The molecule has 4 rings (SSSR count). The molecule has 0 atom stereocenters. The molecule has 1 aromatic heterocycles. The van der Waals surface area contributed by atoms with E-state index in [4.69, 9.17) is 0 Å². The smallest absolute Gasteiger partial charge is 0.194 e. The average molecular weight is 443 g/mol. The Balaban J connectivity index is 1.84. The highest BCUT2D eigenvalue weighted by Gasteiger charge is 2.38. The SMILES string of the molecule is CC(=O)c1ccc(/C=C/c2cc3c(cc2C(=O)c2ccsc2)C(C)(C)CCC3(C)C)cc1. The van der Waals surface area contributed by atoms with Gasteiger partial charge in [-0.3, -0.25) is 9.59 Å². The predicted molar refractivity (Wildman–Crippen MR) is 135 cm³/mol. The minimum absolute atomic E-state index is 0.0410. The van der Waals surface area contributed by atoms with Crippen molar-refractivity contribution in [2.45, 2.75) is 58.3 Å². The molecule has 0 bridgehead atoms. The number of benzene rings is 2. The van der Waals surface area contributed by atoms with Crippen LogP contribution in [0.1, 0.15) is 96.0 Å². The molecule has 0 spiro atoms. The summed E-state index contributed by atoms with van der Waals surface area (Å²) in [5.41, 5.74) is 6.88. The number of hydrogen-bond acceptors (Lipinski definition) is 3. The van der Waals surface area contributed by atoms with Gasteiger partial charge in [-0.1, -0.05) is 70.2 Å². The topological polar surface area (TPSA) is 34.1 Å². The molecule has 1 aliphatic carbocycles. The highest BCUT2D eigenvalue weighted by molar-refractivity contribution is 7.08. The summed E-state index contributed by atoms with van der Waals surface area (Å²) in [4.78, 5) is 25.0. The Bertz CT molecular complexity index is 1190.